The van der Waals surface area contributed by atoms with Gasteiger partial charge in [0, 0.05) is 5.69 Å². The number of thiocarbonyl (C=S) groups is 1. The van der Waals surface area contributed by atoms with Crippen molar-refractivity contribution in [3.63, 3.8) is 0 Å². The number of anilines is 1. The fraction of sp³-hybridized carbons (Fsp3) is 0.316. The lowest BCUT2D eigenvalue weighted by Crippen LogP contribution is -2.45. The minimum absolute atomic E-state index is 0.156. The molecule has 3 nitrogen and oxygen atoms in total. The Bertz CT molecular complexity index is 694. The summed E-state index contributed by atoms with van der Waals surface area (Å²) in [5.41, 5.74) is 1.83. The van der Waals surface area contributed by atoms with Gasteiger partial charge < -0.3 is 15.4 Å². The summed E-state index contributed by atoms with van der Waals surface area (Å²) in [6.45, 7) is 0. The van der Waals surface area contributed by atoms with E-state index in [0.717, 1.165) is 37.1 Å². The predicted molar refractivity (Wildman–Crippen MR) is 98.9 cm³/mol. The van der Waals surface area contributed by atoms with Crippen LogP contribution < -0.4 is 15.4 Å². The second-order valence-corrected chi connectivity index (χ2v) is 6.51. The molecule has 1 saturated carbocycles. The van der Waals surface area contributed by atoms with E-state index >= 15 is 0 Å². The van der Waals surface area contributed by atoms with Crippen LogP contribution in [0.1, 0.15) is 31.2 Å². The van der Waals surface area contributed by atoms with Crippen molar-refractivity contribution in [3.05, 3.63) is 59.9 Å². The average molecular weight is 344 g/mol. The average Bonchev–Trinajstić information content (AvgIpc) is 3.06. The molecule has 0 atom stereocenters. The number of nitrogens with one attached hydrogen (secondary N) is 2. The first-order chi connectivity index (χ1) is 11.6. The first kappa shape index (κ1) is 16.7. The monoisotopic (exact) mass is 344 g/mol. The lowest BCUT2D eigenvalue weighted by molar-refractivity contribution is 0.401. The van der Waals surface area contributed by atoms with Gasteiger partial charge in [-0.25, -0.2) is 4.39 Å². The fourth-order valence-corrected chi connectivity index (χ4v) is 3.60. The standard InChI is InChI=1S/C19H21FN2OS/c1-23-17-10-4-14(5-11-17)19(12-2-3-13-19)22-18(24)21-16-8-6-15(20)7-9-16/h4-11H,2-3,12-13H2,1H3,(H2,21,22,24). The highest BCUT2D eigenvalue weighted by molar-refractivity contribution is 7.80. The van der Waals surface area contributed by atoms with Crippen LogP contribution >= 0.6 is 12.2 Å². The van der Waals surface area contributed by atoms with E-state index in [1.165, 1.54) is 17.7 Å². The third-order valence-electron chi connectivity index (χ3n) is 4.55. The Morgan fingerprint density at radius 3 is 2.25 bits per heavy atom. The van der Waals surface area contributed by atoms with E-state index in [4.69, 9.17) is 17.0 Å². The Kier molecular flexibility index (Phi) is 5.00. The topological polar surface area (TPSA) is 33.3 Å². The highest BCUT2D eigenvalue weighted by Crippen LogP contribution is 2.39. The van der Waals surface area contributed by atoms with Crippen molar-refractivity contribution in [2.45, 2.75) is 31.2 Å². The molecule has 0 aliphatic heterocycles. The van der Waals surface area contributed by atoms with E-state index < -0.39 is 0 Å². The number of hydrogen-bond acceptors (Lipinski definition) is 2. The van der Waals surface area contributed by atoms with E-state index in [0.29, 0.717) is 5.11 Å². The molecule has 0 bridgehead atoms. The molecule has 0 heterocycles. The number of rotatable bonds is 4. The zero-order valence-corrected chi connectivity index (χ0v) is 14.5. The number of methoxy groups -OCH3 is 1. The molecule has 0 aromatic heterocycles. The number of ether oxygens (including phenoxy) is 1. The normalized spacial score (nSPS) is 15.8. The van der Waals surface area contributed by atoms with Crippen LogP contribution in [0, 0.1) is 5.82 Å². The summed E-state index contributed by atoms with van der Waals surface area (Å²) in [4.78, 5) is 0. The van der Waals surface area contributed by atoms with Crippen LogP contribution in [-0.2, 0) is 5.54 Å². The van der Waals surface area contributed by atoms with Gasteiger partial charge in [0.25, 0.3) is 0 Å². The molecule has 2 N–H and O–H groups in total. The Morgan fingerprint density at radius 1 is 1.04 bits per heavy atom. The van der Waals surface area contributed by atoms with E-state index in [9.17, 15) is 4.39 Å². The zero-order chi connectivity index (χ0) is 17.0. The zero-order valence-electron chi connectivity index (χ0n) is 13.6. The minimum Gasteiger partial charge on any atom is -0.497 e. The molecule has 3 rings (SSSR count). The summed E-state index contributed by atoms with van der Waals surface area (Å²) in [7, 11) is 1.67. The number of benzene rings is 2. The Hall–Kier alpha value is -2.14. The smallest absolute Gasteiger partial charge is 0.171 e. The van der Waals surface area contributed by atoms with Crippen molar-refractivity contribution in [1.29, 1.82) is 0 Å². The van der Waals surface area contributed by atoms with Crippen LogP contribution in [-0.4, -0.2) is 12.2 Å². The molecular weight excluding hydrogens is 323 g/mol. The summed E-state index contributed by atoms with van der Waals surface area (Å²) >= 11 is 5.49. The van der Waals surface area contributed by atoms with Crippen LogP contribution in [0.2, 0.25) is 0 Å². The summed E-state index contributed by atoms with van der Waals surface area (Å²) in [5.74, 6) is 0.587. The SMILES string of the molecule is COc1ccc(C2(NC(=S)Nc3ccc(F)cc3)CCCC2)cc1. The highest BCUT2D eigenvalue weighted by atomic mass is 32.1. The molecule has 0 radical (unpaired) electrons. The first-order valence-electron chi connectivity index (χ1n) is 8.11. The third-order valence-corrected chi connectivity index (χ3v) is 4.76. The van der Waals surface area contributed by atoms with Gasteiger partial charge in [0.15, 0.2) is 5.11 Å². The molecule has 1 fully saturated rings. The quantitative estimate of drug-likeness (QED) is 0.795. The van der Waals surface area contributed by atoms with E-state index in [-0.39, 0.29) is 11.4 Å². The predicted octanol–water partition coefficient (Wildman–Crippen LogP) is 4.59. The summed E-state index contributed by atoms with van der Waals surface area (Å²) in [6, 6.07) is 14.3. The maximum atomic E-state index is 13.0. The maximum absolute atomic E-state index is 13.0. The van der Waals surface area contributed by atoms with Gasteiger partial charge in [0.05, 0.1) is 12.6 Å². The van der Waals surface area contributed by atoms with Crippen LogP contribution in [0.3, 0.4) is 0 Å². The van der Waals surface area contributed by atoms with Gasteiger partial charge in [0.1, 0.15) is 11.6 Å². The van der Waals surface area contributed by atoms with E-state index in [1.807, 2.05) is 12.1 Å². The van der Waals surface area contributed by atoms with Crippen molar-refractivity contribution in [2.75, 3.05) is 12.4 Å². The molecule has 126 valence electrons. The highest BCUT2D eigenvalue weighted by Gasteiger charge is 2.36. The molecule has 1 aliphatic carbocycles. The van der Waals surface area contributed by atoms with Crippen molar-refractivity contribution in [2.24, 2.45) is 0 Å². The molecule has 0 amide bonds. The van der Waals surface area contributed by atoms with Crippen LogP contribution in [0.5, 0.6) is 5.75 Å². The molecule has 2 aromatic carbocycles. The van der Waals surface area contributed by atoms with Gasteiger partial charge in [-0.2, -0.15) is 0 Å². The fourth-order valence-electron chi connectivity index (χ4n) is 3.29. The van der Waals surface area contributed by atoms with E-state index in [2.05, 4.69) is 22.8 Å². The minimum atomic E-state index is -0.259. The molecule has 0 unspecified atom stereocenters. The lowest BCUT2D eigenvalue weighted by Gasteiger charge is -2.32. The molecular formula is C19H21FN2OS. The molecule has 0 saturated heterocycles. The van der Waals surface area contributed by atoms with Crippen molar-refractivity contribution in [1.82, 2.24) is 5.32 Å². The van der Waals surface area contributed by atoms with Gasteiger partial charge >= 0.3 is 0 Å². The molecule has 0 spiro atoms. The Balaban J connectivity index is 1.75. The number of halogens is 1. The second kappa shape index (κ2) is 7.18. The largest absolute Gasteiger partial charge is 0.497 e. The van der Waals surface area contributed by atoms with Crippen molar-refractivity contribution < 1.29 is 9.13 Å². The Morgan fingerprint density at radius 2 is 1.67 bits per heavy atom. The first-order valence-corrected chi connectivity index (χ1v) is 8.51. The van der Waals surface area contributed by atoms with Crippen molar-refractivity contribution >= 4 is 23.0 Å². The van der Waals surface area contributed by atoms with Gasteiger partial charge in [-0.1, -0.05) is 25.0 Å². The molecule has 1 aliphatic rings. The molecule has 24 heavy (non-hydrogen) atoms. The molecule has 2 aromatic rings. The van der Waals surface area contributed by atoms with Crippen LogP contribution in [0.15, 0.2) is 48.5 Å². The molecule has 5 heteroatoms. The second-order valence-electron chi connectivity index (χ2n) is 6.10. The van der Waals surface area contributed by atoms with Crippen LogP contribution in [0.4, 0.5) is 10.1 Å². The summed E-state index contributed by atoms with van der Waals surface area (Å²) in [5, 5.41) is 7.19. The van der Waals surface area contributed by atoms with E-state index in [1.54, 1.807) is 19.2 Å². The third kappa shape index (κ3) is 3.67. The van der Waals surface area contributed by atoms with Gasteiger partial charge in [-0.05, 0) is 67.0 Å². The van der Waals surface area contributed by atoms with Crippen molar-refractivity contribution in [3.8, 4) is 5.75 Å². The lowest BCUT2D eigenvalue weighted by atomic mass is 9.88. The van der Waals surface area contributed by atoms with Gasteiger partial charge in [-0.15, -0.1) is 0 Å². The number of hydrogen-bond donors (Lipinski definition) is 2. The summed E-state index contributed by atoms with van der Waals surface area (Å²) < 4.78 is 18.3. The maximum Gasteiger partial charge on any atom is 0.171 e. The summed E-state index contributed by atoms with van der Waals surface area (Å²) in [6.07, 6.45) is 4.39. The van der Waals surface area contributed by atoms with Crippen LogP contribution in [0.25, 0.3) is 0 Å². The Labute approximate surface area is 147 Å². The van der Waals surface area contributed by atoms with Gasteiger partial charge in [0.2, 0.25) is 0 Å². The van der Waals surface area contributed by atoms with Gasteiger partial charge in [-0.3, -0.25) is 0 Å².